The molecule has 0 spiro atoms. The molecular formula is C17H18N4O2S. The van der Waals surface area contributed by atoms with Gasteiger partial charge in [-0.05, 0) is 25.0 Å². The second kappa shape index (κ2) is 6.32. The van der Waals surface area contributed by atoms with Gasteiger partial charge in [0.15, 0.2) is 0 Å². The molecule has 24 heavy (non-hydrogen) atoms. The maximum atomic E-state index is 12.7. The Bertz CT molecular complexity index is 956. The molecule has 4 rings (SSSR count). The van der Waals surface area contributed by atoms with Crippen molar-refractivity contribution in [3.63, 3.8) is 0 Å². The average molecular weight is 342 g/mol. The van der Waals surface area contributed by atoms with E-state index in [1.807, 2.05) is 12.1 Å². The summed E-state index contributed by atoms with van der Waals surface area (Å²) < 4.78 is 1.94. The highest BCUT2D eigenvalue weighted by Crippen LogP contribution is 2.27. The van der Waals surface area contributed by atoms with Crippen molar-refractivity contribution in [2.45, 2.75) is 44.7 Å². The second-order valence-corrected chi connectivity index (χ2v) is 7.22. The number of nitrogens with one attached hydrogen (secondary N) is 1. The van der Waals surface area contributed by atoms with Gasteiger partial charge in [-0.15, -0.1) is 11.3 Å². The lowest BCUT2D eigenvalue weighted by Crippen LogP contribution is -2.39. The zero-order chi connectivity index (χ0) is 16.5. The molecule has 1 amide bonds. The standard InChI is InChI=1S/C17H18N4O2S/c22-13(20-11-5-2-1-3-6-11)9-21-10-19-14-12-7-4-8-18-16(12)24-15(14)17(21)23/h4,7-8,10-11H,1-3,5-6,9H2,(H,20,22). The van der Waals surface area contributed by atoms with Gasteiger partial charge < -0.3 is 5.32 Å². The summed E-state index contributed by atoms with van der Waals surface area (Å²) in [6.07, 6.45) is 8.78. The second-order valence-electron chi connectivity index (χ2n) is 6.22. The number of nitrogens with zero attached hydrogens (tertiary/aromatic N) is 3. The van der Waals surface area contributed by atoms with Gasteiger partial charge in [0.05, 0.1) is 11.8 Å². The van der Waals surface area contributed by atoms with Crippen molar-refractivity contribution in [3.05, 3.63) is 35.0 Å². The molecule has 124 valence electrons. The van der Waals surface area contributed by atoms with Gasteiger partial charge in [-0.25, -0.2) is 9.97 Å². The molecule has 6 nitrogen and oxygen atoms in total. The zero-order valence-electron chi connectivity index (χ0n) is 13.2. The number of carbonyl (C=O) groups is 1. The Morgan fingerprint density at radius 1 is 1.29 bits per heavy atom. The highest BCUT2D eigenvalue weighted by molar-refractivity contribution is 7.25. The van der Waals surface area contributed by atoms with Crippen LogP contribution in [0.15, 0.2) is 29.5 Å². The van der Waals surface area contributed by atoms with E-state index in [4.69, 9.17) is 0 Å². The smallest absolute Gasteiger partial charge is 0.271 e. The predicted molar refractivity (Wildman–Crippen MR) is 94.2 cm³/mol. The lowest BCUT2D eigenvalue weighted by Gasteiger charge is -2.22. The number of amides is 1. The summed E-state index contributed by atoms with van der Waals surface area (Å²) in [7, 11) is 0. The molecule has 0 atom stereocenters. The third-order valence-corrected chi connectivity index (χ3v) is 5.60. The van der Waals surface area contributed by atoms with Crippen molar-refractivity contribution in [3.8, 4) is 0 Å². The number of rotatable bonds is 3. The molecule has 0 unspecified atom stereocenters. The van der Waals surface area contributed by atoms with Crippen LogP contribution in [0.3, 0.4) is 0 Å². The lowest BCUT2D eigenvalue weighted by atomic mass is 9.95. The first-order valence-corrected chi connectivity index (χ1v) is 9.06. The highest BCUT2D eigenvalue weighted by Gasteiger charge is 2.17. The van der Waals surface area contributed by atoms with Gasteiger partial charge in [0.25, 0.3) is 5.56 Å². The van der Waals surface area contributed by atoms with Crippen LogP contribution < -0.4 is 10.9 Å². The Morgan fingerprint density at radius 3 is 2.96 bits per heavy atom. The maximum Gasteiger partial charge on any atom is 0.271 e. The molecule has 0 aliphatic heterocycles. The highest BCUT2D eigenvalue weighted by atomic mass is 32.1. The van der Waals surface area contributed by atoms with E-state index in [1.54, 1.807) is 6.20 Å². The first-order valence-electron chi connectivity index (χ1n) is 8.24. The summed E-state index contributed by atoms with van der Waals surface area (Å²) in [5.74, 6) is -0.121. The number of thiophene rings is 1. The van der Waals surface area contributed by atoms with E-state index in [-0.39, 0.29) is 24.1 Å². The molecule has 1 fully saturated rings. The summed E-state index contributed by atoms with van der Waals surface area (Å²) in [5.41, 5.74) is 0.485. The summed E-state index contributed by atoms with van der Waals surface area (Å²) >= 11 is 1.33. The number of carbonyl (C=O) groups excluding carboxylic acids is 1. The molecular weight excluding hydrogens is 324 g/mol. The minimum absolute atomic E-state index is 0.0138. The molecule has 3 heterocycles. The largest absolute Gasteiger partial charge is 0.352 e. The molecule has 7 heteroatoms. The topological polar surface area (TPSA) is 76.9 Å². The van der Waals surface area contributed by atoms with Gasteiger partial charge in [-0.1, -0.05) is 19.3 Å². The Hall–Kier alpha value is -2.28. The van der Waals surface area contributed by atoms with E-state index in [9.17, 15) is 9.59 Å². The summed E-state index contributed by atoms with van der Waals surface area (Å²) in [4.78, 5) is 34.3. The van der Waals surface area contributed by atoms with Crippen LogP contribution in [0.1, 0.15) is 32.1 Å². The van der Waals surface area contributed by atoms with Gasteiger partial charge in [0.2, 0.25) is 5.91 Å². The van der Waals surface area contributed by atoms with Gasteiger partial charge in [-0.2, -0.15) is 0 Å². The van der Waals surface area contributed by atoms with Crippen LogP contribution in [0.25, 0.3) is 20.4 Å². The summed E-state index contributed by atoms with van der Waals surface area (Å²) in [5, 5.41) is 3.92. The van der Waals surface area contributed by atoms with Crippen molar-refractivity contribution in [1.29, 1.82) is 0 Å². The van der Waals surface area contributed by atoms with E-state index in [2.05, 4.69) is 15.3 Å². The molecule has 0 saturated heterocycles. The van der Waals surface area contributed by atoms with Crippen LogP contribution in [0.4, 0.5) is 0 Å². The summed E-state index contributed by atoms with van der Waals surface area (Å²) in [6.45, 7) is 0.0138. The Morgan fingerprint density at radius 2 is 2.12 bits per heavy atom. The summed E-state index contributed by atoms with van der Waals surface area (Å²) in [6, 6.07) is 3.99. The maximum absolute atomic E-state index is 12.7. The third kappa shape index (κ3) is 2.80. The number of hydrogen-bond donors (Lipinski definition) is 1. The molecule has 3 aromatic heterocycles. The minimum atomic E-state index is -0.179. The quantitative estimate of drug-likeness (QED) is 0.793. The number of aromatic nitrogens is 3. The Labute approximate surface area is 142 Å². The van der Waals surface area contributed by atoms with E-state index in [0.29, 0.717) is 10.2 Å². The van der Waals surface area contributed by atoms with Crippen LogP contribution in [0, 0.1) is 0 Å². The van der Waals surface area contributed by atoms with Crippen LogP contribution in [-0.2, 0) is 11.3 Å². The van der Waals surface area contributed by atoms with Gasteiger partial charge >= 0.3 is 0 Å². The molecule has 0 aromatic carbocycles. The minimum Gasteiger partial charge on any atom is -0.352 e. The van der Waals surface area contributed by atoms with Crippen molar-refractivity contribution >= 4 is 37.7 Å². The number of pyridine rings is 1. The van der Waals surface area contributed by atoms with Crippen molar-refractivity contribution in [2.75, 3.05) is 0 Å². The van der Waals surface area contributed by atoms with E-state index in [1.165, 1.54) is 28.7 Å². The third-order valence-electron chi connectivity index (χ3n) is 4.51. The monoisotopic (exact) mass is 342 g/mol. The molecule has 1 aliphatic carbocycles. The fraction of sp³-hybridized carbons (Fsp3) is 0.412. The Balaban J connectivity index is 1.60. The van der Waals surface area contributed by atoms with Crippen LogP contribution in [0.5, 0.6) is 0 Å². The molecule has 1 aliphatic rings. The van der Waals surface area contributed by atoms with E-state index >= 15 is 0 Å². The molecule has 0 radical (unpaired) electrons. The van der Waals surface area contributed by atoms with Crippen LogP contribution in [-0.4, -0.2) is 26.5 Å². The van der Waals surface area contributed by atoms with E-state index < -0.39 is 0 Å². The fourth-order valence-corrected chi connectivity index (χ4v) is 4.34. The SMILES string of the molecule is O=C(Cn1cnc2c(sc3ncccc32)c1=O)NC1CCCCC1. The van der Waals surface area contributed by atoms with Crippen LogP contribution in [0.2, 0.25) is 0 Å². The molecule has 0 bridgehead atoms. The first-order chi connectivity index (χ1) is 11.7. The fourth-order valence-electron chi connectivity index (χ4n) is 3.29. The van der Waals surface area contributed by atoms with Crippen LogP contribution >= 0.6 is 11.3 Å². The Kier molecular flexibility index (Phi) is 4.02. The van der Waals surface area contributed by atoms with Crippen molar-refractivity contribution in [1.82, 2.24) is 19.9 Å². The molecule has 1 N–H and O–H groups in total. The van der Waals surface area contributed by atoms with Crippen molar-refractivity contribution < 1.29 is 4.79 Å². The average Bonchev–Trinajstić information content (AvgIpc) is 2.98. The lowest BCUT2D eigenvalue weighted by molar-refractivity contribution is -0.122. The number of hydrogen-bond acceptors (Lipinski definition) is 5. The normalized spacial score (nSPS) is 15.8. The first kappa shape index (κ1) is 15.3. The van der Waals surface area contributed by atoms with Gasteiger partial charge in [0.1, 0.15) is 16.1 Å². The van der Waals surface area contributed by atoms with Crippen molar-refractivity contribution in [2.24, 2.45) is 0 Å². The van der Waals surface area contributed by atoms with Gasteiger partial charge in [0, 0.05) is 17.6 Å². The predicted octanol–water partition coefficient (Wildman–Crippen LogP) is 2.46. The molecule has 1 saturated carbocycles. The van der Waals surface area contributed by atoms with E-state index in [0.717, 1.165) is 35.9 Å². The zero-order valence-corrected chi connectivity index (χ0v) is 14.0. The van der Waals surface area contributed by atoms with Gasteiger partial charge in [-0.3, -0.25) is 14.2 Å². The number of fused-ring (bicyclic) bond motifs is 3. The molecule has 3 aromatic rings.